The number of hydrogen-bond acceptors (Lipinski definition) is 5. The number of rotatable bonds is 18. The Bertz CT molecular complexity index is 1160. The molecule has 1 aromatic heterocycles. The van der Waals surface area contributed by atoms with E-state index in [4.69, 9.17) is 4.43 Å². The van der Waals surface area contributed by atoms with E-state index in [9.17, 15) is 19.5 Å². The van der Waals surface area contributed by atoms with Crippen molar-refractivity contribution in [2.24, 2.45) is 5.92 Å². The van der Waals surface area contributed by atoms with E-state index < -0.39 is 39.2 Å². The molecule has 0 aliphatic carbocycles. The van der Waals surface area contributed by atoms with Gasteiger partial charge < -0.3 is 14.4 Å². The van der Waals surface area contributed by atoms with Crippen molar-refractivity contribution in [3.63, 3.8) is 0 Å². The van der Waals surface area contributed by atoms with E-state index in [0.717, 1.165) is 62.7 Å². The molecule has 0 aromatic carbocycles. The van der Waals surface area contributed by atoms with Crippen molar-refractivity contribution >= 4 is 38.3 Å². The minimum absolute atomic E-state index is 0.0356. The number of carbonyl (C=O) groups excluding carboxylic acids is 2. The number of ketones is 1. The number of β-lactam (4-membered cyclic amide) rings is 1. The molecule has 43 heavy (non-hydrogen) atoms. The van der Waals surface area contributed by atoms with E-state index in [1.807, 2.05) is 20.8 Å². The fourth-order valence-electron chi connectivity index (χ4n) is 6.11. The van der Waals surface area contributed by atoms with E-state index in [-0.39, 0.29) is 23.1 Å². The molecule has 246 valence electrons. The Labute approximate surface area is 262 Å². The average Bonchev–Trinajstić information content (AvgIpc) is 3.30. The predicted molar refractivity (Wildman–Crippen MR) is 182 cm³/mol. The molecule has 1 N–H and O–H groups in total. The number of Topliss-reactive ketones (excluding diaryl/α,β-unsaturated/α-hetero) is 1. The maximum atomic E-state index is 14.2. The molecule has 0 radical (unpaired) electrons. The summed E-state index contributed by atoms with van der Waals surface area (Å²) in [4.78, 5) is 42.9. The second-order valence-electron chi connectivity index (χ2n) is 14.0. The topological polar surface area (TPSA) is 102 Å². The number of aliphatic carboxylic acids is 1. The number of unbranched alkanes of at least 4 members (excludes halogenated alkanes) is 3. The summed E-state index contributed by atoms with van der Waals surface area (Å²) in [6.07, 6.45) is 7.83. The first-order chi connectivity index (χ1) is 20.0. The largest absolute Gasteiger partial charge is 0.477 e. The quantitative estimate of drug-likeness (QED) is 0.0768. The zero-order chi connectivity index (χ0) is 32.8. The highest BCUT2D eigenvalue weighted by Gasteiger charge is 2.56. The van der Waals surface area contributed by atoms with Crippen LogP contribution in [0.15, 0.2) is 6.07 Å². The summed E-state index contributed by atoms with van der Waals surface area (Å²) in [7, 11) is -2.23. The summed E-state index contributed by atoms with van der Waals surface area (Å²) < 4.78 is 8.51. The average molecular weight is 638 g/mol. The molecule has 8 nitrogen and oxygen atoms in total. The Balaban J connectivity index is 2.72. The summed E-state index contributed by atoms with van der Waals surface area (Å²) in [5.74, 6) is -1.94. The Morgan fingerprint density at radius 3 is 1.95 bits per heavy atom. The van der Waals surface area contributed by atoms with E-state index in [2.05, 4.69) is 59.7 Å². The van der Waals surface area contributed by atoms with Gasteiger partial charge >= 0.3 is 5.97 Å². The third kappa shape index (κ3) is 8.52. The maximum absolute atomic E-state index is 14.2. The van der Waals surface area contributed by atoms with Crippen molar-refractivity contribution in [3.8, 4) is 0 Å². The number of hydrogen-bond donors (Lipinski definition) is 1. The zero-order valence-corrected chi connectivity index (χ0v) is 30.9. The maximum Gasteiger partial charge on any atom is 0.352 e. The minimum Gasteiger partial charge on any atom is -0.477 e. The van der Waals surface area contributed by atoms with Gasteiger partial charge in [-0.1, -0.05) is 67.7 Å². The van der Waals surface area contributed by atoms with Gasteiger partial charge in [-0.25, -0.2) is 4.79 Å². The Hall–Kier alpha value is -1.70. The predicted octanol–water partition coefficient (Wildman–Crippen LogP) is 7.65. The molecule has 3 atom stereocenters. The van der Waals surface area contributed by atoms with E-state index in [1.54, 1.807) is 15.6 Å². The fraction of sp³-hybridized carbons (Fsp3) is 0.788. The van der Waals surface area contributed by atoms with Gasteiger partial charge in [0.2, 0.25) is 5.91 Å². The molecule has 1 aromatic rings. The van der Waals surface area contributed by atoms with Crippen LogP contribution in [0.4, 0.5) is 0 Å². The van der Waals surface area contributed by atoms with Gasteiger partial charge in [-0.15, -0.1) is 0 Å². The van der Waals surface area contributed by atoms with Crippen molar-refractivity contribution in [2.75, 3.05) is 18.5 Å². The van der Waals surface area contributed by atoms with Crippen LogP contribution in [0.1, 0.15) is 117 Å². The Kier molecular flexibility index (Phi) is 13.5. The molecule has 1 amide bonds. The van der Waals surface area contributed by atoms with Crippen LogP contribution in [0, 0.1) is 12.8 Å². The summed E-state index contributed by atoms with van der Waals surface area (Å²) in [5.41, 5.74) is 1.58. The molecule has 10 heteroatoms. The summed E-state index contributed by atoms with van der Waals surface area (Å²) in [6.45, 7) is 21.5. The molecule has 2 heterocycles. The van der Waals surface area contributed by atoms with E-state index in [1.165, 1.54) is 0 Å². The van der Waals surface area contributed by atoms with E-state index >= 15 is 0 Å². The van der Waals surface area contributed by atoms with Gasteiger partial charge in [0.25, 0.3) is 0 Å². The van der Waals surface area contributed by atoms with Crippen LogP contribution in [0.2, 0.25) is 18.1 Å². The molecule has 0 bridgehead atoms. The summed E-state index contributed by atoms with van der Waals surface area (Å²) >= 11 is 0. The highest BCUT2D eigenvalue weighted by molar-refractivity contribution is 7.77. The van der Waals surface area contributed by atoms with Crippen LogP contribution in [-0.2, 0) is 20.6 Å². The van der Waals surface area contributed by atoms with Crippen LogP contribution in [0.5, 0.6) is 0 Å². The van der Waals surface area contributed by atoms with Gasteiger partial charge in [-0.2, -0.15) is 5.10 Å². The molecule has 0 saturated carbocycles. The Morgan fingerprint density at radius 1 is 1.05 bits per heavy atom. The summed E-state index contributed by atoms with van der Waals surface area (Å²) in [6, 6.07) is 1.23. The lowest BCUT2D eigenvalue weighted by molar-refractivity contribution is -0.155. The monoisotopic (exact) mass is 637 g/mol. The lowest BCUT2D eigenvalue weighted by Gasteiger charge is -2.52. The number of aryl methyl sites for hydroxylation is 2. The number of carboxylic acids is 1. The minimum atomic E-state index is -2.23. The molecule has 3 unspecified atom stereocenters. The van der Waals surface area contributed by atoms with Crippen molar-refractivity contribution < 1.29 is 23.9 Å². The van der Waals surface area contributed by atoms with Crippen molar-refractivity contribution in [2.45, 2.75) is 144 Å². The smallest absolute Gasteiger partial charge is 0.352 e. The standard InChI is InChI=1S/C33H60N3O5PSi/c1-12-16-19-42(20-17-13-2,21-18-14-3)31(32(39)40)36-27(23-28(37)26-22-24(5)35(15-4)34-26)29(30(36)38)25(6)41-43(10,11)33(7,8)9/h22,25,27,29H,12-21,23H2,1-11H3,(H,39,40). The molecule has 1 aliphatic rings. The first-order valence-corrected chi connectivity index (χ1v) is 21.8. The third-order valence-electron chi connectivity index (χ3n) is 9.71. The van der Waals surface area contributed by atoms with Gasteiger partial charge in [0.15, 0.2) is 14.1 Å². The lowest BCUT2D eigenvalue weighted by atomic mass is 9.80. The Morgan fingerprint density at radius 2 is 1.56 bits per heavy atom. The number of carbonyl (C=O) groups is 3. The second kappa shape index (κ2) is 15.5. The van der Waals surface area contributed by atoms with Crippen LogP contribution in [0.3, 0.4) is 0 Å². The molecular formula is C33H60N3O5PSi. The third-order valence-corrected chi connectivity index (χ3v) is 19.1. The molecular weight excluding hydrogens is 577 g/mol. The van der Waals surface area contributed by atoms with Gasteiger partial charge in [0, 0.05) is 18.7 Å². The van der Waals surface area contributed by atoms with Crippen LogP contribution in [-0.4, -0.2) is 81.8 Å². The molecule has 1 fully saturated rings. The van der Waals surface area contributed by atoms with Crippen LogP contribution < -0.4 is 0 Å². The van der Waals surface area contributed by atoms with Crippen molar-refractivity contribution in [1.82, 2.24) is 14.7 Å². The van der Waals surface area contributed by atoms with Crippen molar-refractivity contribution in [3.05, 3.63) is 17.5 Å². The zero-order valence-electron chi connectivity index (χ0n) is 29.0. The normalized spacial score (nSPS) is 18.5. The molecule has 1 aliphatic heterocycles. The van der Waals surface area contributed by atoms with Gasteiger partial charge in [0.05, 0.1) is 18.1 Å². The molecule has 0 spiro atoms. The number of nitrogens with zero attached hydrogens (tertiary/aromatic N) is 3. The second-order valence-corrected chi connectivity index (χ2v) is 22.8. The lowest BCUT2D eigenvalue weighted by Crippen LogP contribution is -2.69. The van der Waals surface area contributed by atoms with E-state index in [0.29, 0.717) is 17.7 Å². The molecule has 2 rings (SSSR count). The summed E-state index contributed by atoms with van der Waals surface area (Å²) in [5, 5.41) is 15.4. The number of aromatic nitrogens is 2. The highest BCUT2D eigenvalue weighted by Crippen LogP contribution is 2.54. The first kappa shape index (κ1) is 37.5. The van der Waals surface area contributed by atoms with Gasteiger partial charge in [-0.3, -0.25) is 14.3 Å². The first-order valence-electron chi connectivity index (χ1n) is 16.6. The number of amides is 1. The van der Waals surface area contributed by atoms with Crippen LogP contribution in [0.25, 0.3) is 0 Å². The number of carboxylic acid groups (broad SMARTS) is 1. The van der Waals surface area contributed by atoms with Crippen LogP contribution >= 0.6 is 6.89 Å². The SMILES string of the molecule is CCCCP(CCCC)(CCCC)=C(C(=O)O)N1C(=O)C(C(C)O[Si](C)(C)C(C)(C)C)C1CC(=O)c1cc(C)n(CC)n1. The fourth-order valence-corrected chi connectivity index (χ4v) is 12.7. The molecule has 1 saturated heterocycles. The van der Waals surface area contributed by atoms with Crippen molar-refractivity contribution in [1.29, 1.82) is 0 Å². The number of likely N-dealkylation sites (tertiary alicyclic amines) is 1. The van der Waals surface area contributed by atoms with Gasteiger partial charge in [0.1, 0.15) is 11.1 Å². The van der Waals surface area contributed by atoms with Gasteiger partial charge in [-0.05, 0) is 82.7 Å². The highest BCUT2D eigenvalue weighted by atomic mass is 31.2.